The first-order valence-corrected chi connectivity index (χ1v) is 9.34. The third-order valence-corrected chi connectivity index (χ3v) is 4.99. The molecule has 6 nitrogen and oxygen atoms in total. The van der Waals surface area contributed by atoms with E-state index in [0.717, 1.165) is 6.07 Å². The Bertz CT molecular complexity index is 991. The van der Waals surface area contributed by atoms with Gasteiger partial charge in [0.25, 0.3) is 0 Å². The Kier molecular flexibility index (Phi) is 4.88. The van der Waals surface area contributed by atoms with E-state index in [4.69, 9.17) is 26.3 Å². The number of ketones is 1. The van der Waals surface area contributed by atoms with Crippen molar-refractivity contribution in [2.45, 2.75) is 11.9 Å². The smallest absolute Gasteiger partial charge is 0.313 e. The second-order valence-electron chi connectivity index (χ2n) is 5.50. The molecule has 0 aliphatic carbocycles. The van der Waals surface area contributed by atoms with Crippen LogP contribution in [0.3, 0.4) is 0 Å². The van der Waals surface area contributed by atoms with Crippen LogP contribution in [0.2, 0.25) is 5.02 Å². The Morgan fingerprint density at radius 2 is 1.88 bits per heavy atom. The average molecular weight is 398 g/mol. The lowest BCUT2D eigenvalue weighted by Crippen LogP contribution is -2.16. The number of hydrogen-bond donors (Lipinski definition) is 1. The van der Waals surface area contributed by atoms with Gasteiger partial charge in [-0.1, -0.05) is 48.0 Å². The van der Waals surface area contributed by atoms with Gasteiger partial charge in [-0.15, -0.1) is 0 Å². The normalized spacial score (nSPS) is 17.3. The third-order valence-electron chi connectivity index (χ3n) is 3.57. The van der Waals surface area contributed by atoms with Crippen molar-refractivity contribution in [1.82, 2.24) is 0 Å². The largest absolute Gasteiger partial charge is 0.460 e. The topological polar surface area (TPSA) is 95.7 Å². The fraction of sp³-hybridized carbons (Fsp3) is 0.118. The van der Waals surface area contributed by atoms with Crippen molar-refractivity contribution >= 4 is 27.5 Å². The van der Waals surface area contributed by atoms with Gasteiger partial charge in [-0.05, 0) is 17.7 Å². The molecule has 0 saturated carbocycles. The molecule has 0 saturated heterocycles. The highest BCUT2D eigenvalue weighted by Gasteiger charge is 2.39. The van der Waals surface area contributed by atoms with Crippen LogP contribution in [0, 0.1) is 5.82 Å². The van der Waals surface area contributed by atoms with Crippen LogP contribution in [0.15, 0.2) is 60.2 Å². The fourth-order valence-electron chi connectivity index (χ4n) is 2.39. The summed E-state index contributed by atoms with van der Waals surface area (Å²) in [4.78, 5) is 12.4. The van der Waals surface area contributed by atoms with E-state index >= 15 is 0 Å². The first-order valence-electron chi connectivity index (χ1n) is 7.38. The van der Waals surface area contributed by atoms with Gasteiger partial charge in [0.05, 0.1) is 5.02 Å². The number of benzene rings is 2. The van der Waals surface area contributed by atoms with Gasteiger partial charge in [-0.3, -0.25) is 4.79 Å². The molecule has 1 aliphatic rings. The molecule has 1 aliphatic heterocycles. The van der Waals surface area contributed by atoms with E-state index in [0.29, 0.717) is 5.56 Å². The second-order valence-corrected chi connectivity index (χ2v) is 7.48. The maximum absolute atomic E-state index is 13.6. The Hall–Kier alpha value is -2.58. The van der Waals surface area contributed by atoms with E-state index < -0.39 is 45.2 Å². The van der Waals surface area contributed by atoms with Gasteiger partial charge in [0, 0.05) is 5.56 Å². The van der Waals surface area contributed by atoms with E-state index in [1.54, 1.807) is 30.3 Å². The lowest BCUT2D eigenvalue weighted by atomic mass is 10.1. The molecule has 3 rings (SSSR count). The van der Waals surface area contributed by atoms with Crippen LogP contribution in [0.5, 0.6) is 0 Å². The lowest BCUT2D eigenvalue weighted by Gasteiger charge is -2.10. The highest BCUT2D eigenvalue weighted by atomic mass is 35.5. The van der Waals surface area contributed by atoms with Gasteiger partial charge in [-0.2, -0.15) is 8.42 Å². The minimum Gasteiger partial charge on any atom is -0.460 e. The molecule has 2 aromatic rings. The summed E-state index contributed by atoms with van der Waals surface area (Å²) in [5, 5.41) is -0.123. The van der Waals surface area contributed by atoms with Gasteiger partial charge in [0.1, 0.15) is 11.6 Å². The molecule has 1 heterocycles. The molecular weight excluding hydrogens is 385 g/mol. The first-order chi connectivity index (χ1) is 12.3. The summed E-state index contributed by atoms with van der Waals surface area (Å²) in [7, 11) is -4.14. The van der Waals surface area contributed by atoms with E-state index in [-0.39, 0.29) is 10.6 Å². The van der Waals surface area contributed by atoms with Crippen LogP contribution < -0.4 is 5.73 Å². The summed E-state index contributed by atoms with van der Waals surface area (Å²) in [6.07, 6.45) is -1.30. The second kappa shape index (κ2) is 6.97. The number of nitrogens with two attached hydrogens (primary N) is 1. The summed E-state index contributed by atoms with van der Waals surface area (Å²) in [5.74, 6) is -3.11. The van der Waals surface area contributed by atoms with E-state index in [2.05, 4.69) is 0 Å². The van der Waals surface area contributed by atoms with Gasteiger partial charge in [0.15, 0.2) is 6.10 Å². The zero-order chi connectivity index (χ0) is 18.9. The van der Waals surface area contributed by atoms with Crippen molar-refractivity contribution in [3.63, 3.8) is 0 Å². The van der Waals surface area contributed by atoms with Gasteiger partial charge in [-0.25, -0.2) is 4.39 Å². The molecular formula is C17H13ClFNO5S. The number of hydrogen-bond acceptors (Lipinski definition) is 6. The number of rotatable bonds is 5. The third kappa shape index (κ3) is 3.81. The molecule has 0 spiro atoms. The summed E-state index contributed by atoms with van der Waals surface area (Å²) in [5.41, 5.74) is 6.21. The summed E-state index contributed by atoms with van der Waals surface area (Å²) >= 11 is 5.61. The van der Waals surface area contributed by atoms with Gasteiger partial charge < -0.3 is 14.7 Å². The number of carbonyl (C=O) groups is 1. The molecule has 0 radical (unpaired) electrons. The van der Waals surface area contributed by atoms with Crippen molar-refractivity contribution in [3.05, 3.63) is 82.1 Å². The van der Waals surface area contributed by atoms with Gasteiger partial charge >= 0.3 is 10.1 Å². The molecule has 0 amide bonds. The predicted octanol–water partition coefficient (Wildman–Crippen LogP) is 2.79. The first kappa shape index (κ1) is 18.2. The predicted molar refractivity (Wildman–Crippen MR) is 91.6 cm³/mol. The zero-order valence-corrected chi connectivity index (χ0v) is 14.8. The minimum atomic E-state index is -4.14. The molecule has 9 heteroatoms. The zero-order valence-electron chi connectivity index (χ0n) is 13.2. The monoisotopic (exact) mass is 397 g/mol. The number of carbonyl (C=O) groups excluding carboxylic acids is 1. The number of Topliss-reactive ketones (excluding diaryl/α,β-unsaturated/α-hetero) is 1. The number of halogens is 2. The summed E-state index contributed by atoms with van der Waals surface area (Å²) in [6.45, 7) is 0. The highest BCUT2D eigenvalue weighted by Crippen LogP contribution is 2.33. The Morgan fingerprint density at radius 3 is 2.54 bits per heavy atom. The molecule has 136 valence electrons. The van der Waals surface area contributed by atoms with Crippen molar-refractivity contribution in [2.24, 2.45) is 5.73 Å². The van der Waals surface area contributed by atoms with E-state index in [1.807, 2.05) is 0 Å². The van der Waals surface area contributed by atoms with Crippen LogP contribution in [0.1, 0.15) is 17.2 Å². The maximum Gasteiger partial charge on any atom is 0.313 e. The lowest BCUT2D eigenvalue weighted by molar-refractivity contribution is -0.123. The standard InChI is InChI=1S/C17H13ClFNO5S/c18-12-7-6-11(8-13(12)19)15-14(21)16(17(20)24-15)25-26(22,23)9-10-4-2-1-3-5-10/h1-8,15H,9,20H2. The van der Waals surface area contributed by atoms with Crippen molar-refractivity contribution in [1.29, 1.82) is 0 Å². The van der Waals surface area contributed by atoms with Crippen molar-refractivity contribution < 1.29 is 26.5 Å². The van der Waals surface area contributed by atoms with Crippen LogP contribution in [0.25, 0.3) is 0 Å². The van der Waals surface area contributed by atoms with Crippen LogP contribution in [0.4, 0.5) is 4.39 Å². The molecule has 0 bridgehead atoms. The Balaban J connectivity index is 1.79. The SMILES string of the molecule is NC1=C(OS(=O)(=O)Cc2ccccc2)C(=O)C(c2ccc(Cl)c(F)c2)O1. The van der Waals surface area contributed by atoms with Crippen molar-refractivity contribution in [3.8, 4) is 0 Å². The highest BCUT2D eigenvalue weighted by molar-refractivity contribution is 7.86. The van der Waals surface area contributed by atoms with Gasteiger partial charge in [0.2, 0.25) is 17.4 Å². The fourth-order valence-corrected chi connectivity index (χ4v) is 3.58. The Morgan fingerprint density at radius 1 is 1.19 bits per heavy atom. The summed E-state index contributed by atoms with van der Waals surface area (Å²) in [6, 6.07) is 11.9. The maximum atomic E-state index is 13.6. The van der Waals surface area contributed by atoms with Crippen LogP contribution in [-0.2, 0) is 29.6 Å². The number of ether oxygens (including phenoxy) is 1. The summed E-state index contributed by atoms with van der Waals surface area (Å²) < 4.78 is 48.0. The average Bonchev–Trinajstić information content (AvgIpc) is 2.85. The minimum absolute atomic E-state index is 0.123. The molecule has 2 N–H and O–H groups in total. The quantitative estimate of drug-likeness (QED) is 0.779. The van der Waals surface area contributed by atoms with E-state index in [1.165, 1.54) is 12.1 Å². The molecule has 0 fully saturated rings. The molecule has 1 unspecified atom stereocenters. The Labute approximate surface area is 154 Å². The molecule has 2 aromatic carbocycles. The van der Waals surface area contributed by atoms with E-state index in [9.17, 15) is 17.6 Å². The molecule has 0 aromatic heterocycles. The van der Waals surface area contributed by atoms with Crippen LogP contribution >= 0.6 is 11.6 Å². The molecule has 26 heavy (non-hydrogen) atoms. The molecule has 1 atom stereocenters. The van der Waals surface area contributed by atoms with Crippen LogP contribution in [-0.4, -0.2) is 14.2 Å². The van der Waals surface area contributed by atoms with Crippen molar-refractivity contribution in [2.75, 3.05) is 0 Å².